The van der Waals surface area contributed by atoms with Gasteiger partial charge in [0.1, 0.15) is 12.4 Å². The molecular formula is C19H21FN3O2+. The summed E-state index contributed by atoms with van der Waals surface area (Å²) in [5, 5.41) is 0. The van der Waals surface area contributed by atoms with Gasteiger partial charge < -0.3 is 4.90 Å². The van der Waals surface area contributed by atoms with Gasteiger partial charge in [-0.2, -0.15) is 0 Å². The van der Waals surface area contributed by atoms with Crippen LogP contribution >= 0.6 is 0 Å². The lowest BCUT2D eigenvalue weighted by Gasteiger charge is -2.19. The lowest BCUT2D eigenvalue weighted by Crippen LogP contribution is -3.13. The van der Waals surface area contributed by atoms with Gasteiger partial charge in [0.2, 0.25) is 0 Å². The summed E-state index contributed by atoms with van der Waals surface area (Å²) in [6, 6.07) is 15.5. The average molecular weight is 342 g/mol. The molecule has 1 aliphatic carbocycles. The highest BCUT2D eigenvalue weighted by Gasteiger charge is 2.34. The molecule has 0 aromatic heterocycles. The molecule has 6 heteroatoms. The monoisotopic (exact) mass is 342 g/mol. The quantitative estimate of drug-likeness (QED) is 0.681. The Kier molecular flexibility index (Phi) is 5.40. The van der Waals surface area contributed by atoms with E-state index in [1.807, 2.05) is 6.07 Å². The van der Waals surface area contributed by atoms with Gasteiger partial charge in [0.25, 0.3) is 11.8 Å². The highest BCUT2D eigenvalue weighted by Crippen LogP contribution is 2.15. The zero-order valence-electron chi connectivity index (χ0n) is 13.8. The molecule has 0 radical (unpaired) electrons. The number of nitrogens with one attached hydrogen (secondary N) is 3. The van der Waals surface area contributed by atoms with E-state index < -0.39 is 0 Å². The van der Waals surface area contributed by atoms with Crippen LogP contribution in [-0.2, 0) is 11.3 Å². The summed E-state index contributed by atoms with van der Waals surface area (Å²) in [7, 11) is 0. The molecule has 2 aromatic carbocycles. The maximum Gasteiger partial charge on any atom is 0.293 e. The fourth-order valence-electron chi connectivity index (χ4n) is 2.75. The second-order valence-corrected chi connectivity index (χ2v) is 6.28. The number of hydrazine groups is 1. The summed E-state index contributed by atoms with van der Waals surface area (Å²) in [6.45, 7) is 0.919. The fourth-order valence-corrected chi connectivity index (χ4v) is 2.75. The Bertz CT molecular complexity index is 730. The van der Waals surface area contributed by atoms with Gasteiger partial charge in [0.15, 0.2) is 6.54 Å². The van der Waals surface area contributed by atoms with E-state index in [0.717, 1.165) is 23.3 Å². The largest absolute Gasteiger partial charge is 0.321 e. The second kappa shape index (κ2) is 7.90. The van der Waals surface area contributed by atoms with Crippen LogP contribution in [0.3, 0.4) is 0 Å². The first-order valence-corrected chi connectivity index (χ1v) is 8.35. The number of quaternary nitrogens is 1. The Morgan fingerprint density at radius 3 is 2.32 bits per heavy atom. The predicted octanol–water partition coefficient (Wildman–Crippen LogP) is 0.834. The van der Waals surface area contributed by atoms with Crippen molar-refractivity contribution in [2.24, 2.45) is 0 Å². The van der Waals surface area contributed by atoms with E-state index >= 15 is 0 Å². The topological polar surface area (TPSA) is 62.6 Å². The predicted molar refractivity (Wildman–Crippen MR) is 91.0 cm³/mol. The molecule has 1 atom stereocenters. The molecule has 1 aliphatic rings. The SMILES string of the molecule is O=C(C[NH+](Cc1ccc(F)cc1)C1CC1)NNC(=O)c1ccccc1. The Hall–Kier alpha value is -2.73. The summed E-state index contributed by atoms with van der Waals surface area (Å²) >= 11 is 0. The van der Waals surface area contributed by atoms with Crippen molar-refractivity contribution in [3.8, 4) is 0 Å². The van der Waals surface area contributed by atoms with Crippen molar-refractivity contribution in [2.75, 3.05) is 6.54 Å². The van der Waals surface area contributed by atoms with Crippen LogP contribution in [0.1, 0.15) is 28.8 Å². The Labute approximate surface area is 145 Å². The van der Waals surface area contributed by atoms with Crippen molar-refractivity contribution in [2.45, 2.75) is 25.4 Å². The molecule has 3 N–H and O–H groups in total. The number of carbonyl (C=O) groups excluding carboxylic acids is 2. The van der Waals surface area contributed by atoms with Gasteiger partial charge in [-0.15, -0.1) is 0 Å². The first-order chi connectivity index (χ1) is 12.1. The fraction of sp³-hybridized carbons (Fsp3) is 0.263. The number of hydrogen-bond donors (Lipinski definition) is 3. The smallest absolute Gasteiger partial charge is 0.293 e. The maximum atomic E-state index is 13.0. The van der Waals surface area contributed by atoms with Crippen LogP contribution in [0.15, 0.2) is 54.6 Å². The zero-order valence-corrected chi connectivity index (χ0v) is 13.8. The van der Waals surface area contributed by atoms with E-state index in [4.69, 9.17) is 0 Å². The van der Waals surface area contributed by atoms with Crippen LogP contribution in [0.4, 0.5) is 4.39 Å². The standard InChI is InChI=1S/C19H20FN3O2/c20-16-8-6-14(7-9-16)12-23(17-10-11-17)13-18(24)21-22-19(25)15-4-2-1-3-5-15/h1-9,17H,10-13H2,(H,21,24)(H,22,25)/p+1. The molecule has 130 valence electrons. The summed E-state index contributed by atoms with van der Waals surface area (Å²) < 4.78 is 13.0. The third-order valence-electron chi connectivity index (χ3n) is 4.24. The third-order valence-corrected chi connectivity index (χ3v) is 4.24. The van der Waals surface area contributed by atoms with Gasteiger partial charge in [0.05, 0.1) is 6.04 Å². The van der Waals surface area contributed by atoms with Crippen molar-refractivity contribution >= 4 is 11.8 Å². The lowest BCUT2D eigenvalue weighted by atomic mass is 10.2. The minimum Gasteiger partial charge on any atom is -0.321 e. The Morgan fingerprint density at radius 2 is 1.68 bits per heavy atom. The zero-order chi connectivity index (χ0) is 17.6. The van der Waals surface area contributed by atoms with Gasteiger partial charge in [0, 0.05) is 24.0 Å². The van der Waals surface area contributed by atoms with Crippen molar-refractivity contribution in [3.05, 3.63) is 71.5 Å². The van der Waals surface area contributed by atoms with Gasteiger partial charge >= 0.3 is 0 Å². The van der Waals surface area contributed by atoms with E-state index in [2.05, 4.69) is 10.9 Å². The molecule has 2 amide bonds. The van der Waals surface area contributed by atoms with Crippen molar-refractivity contribution < 1.29 is 18.9 Å². The van der Waals surface area contributed by atoms with Crippen molar-refractivity contribution in [1.82, 2.24) is 10.9 Å². The van der Waals surface area contributed by atoms with Gasteiger partial charge in [-0.25, -0.2) is 4.39 Å². The van der Waals surface area contributed by atoms with Crippen LogP contribution in [0.5, 0.6) is 0 Å². The summed E-state index contributed by atoms with van der Waals surface area (Å²) in [5.41, 5.74) is 6.38. The normalized spacial score (nSPS) is 14.6. The van der Waals surface area contributed by atoms with Gasteiger partial charge in [-0.05, 0) is 24.3 Å². The van der Waals surface area contributed by atoms with Crippen LogP contribution < -0.4 is 15.8 Å². The molecule has 2 aromatic rings. The van der Waals surface area contributed by atoms with E-state index in [-0.39, 0.29) is 24.2 Å². The van der Waals surface area contributed by atoms with Crippen LogP contribution in [-0.4, -0.2) is 24.4 Å². The third kappa shape index (κ3) is 5.12. The van der Waals surface area contributed by atoms with Crippen LogP contribution in [0.2, 0.25) is 0 Å². The first kappa shape index (κ1) is 17.1. The van der Waals surface area contributed by atoms with E-state index in [1.54, 1.807) is 36.4 Å². The van der Waals surface area contributed by atoms with E-state index in [0.29, 0.717) is 18.2 Å². The Balaban J connectivity index is 1.51. The highest BCUT2D eigenvalue weighted by molar-refractivity contribution is 5.95. The second-order valence-electron chi connectivity index (χ2n) is 6.28. The first-order valence-electron chi connectivity index (χ1n) is 8.35. The number of amides is 2. The maximum absolute atomic E-state index is 13.0. The minimum atomic E-state index is -0.347. The number of halogens is 1. The highest BCUT2D eigenvalue weighted by atomic mass is 19.1. The van der Waals surface area contributed by atoms with Crippen LogP contribution in [0, 0.1) is 5.82 Å². The van der Waals surface area contributed by atoms with E-state index in [1.165, 1.54) is 12.1 Å². The summed E-state index contributed by atoms with van der Waals surface area (Å²) in [5.74, 6) is -0.855. The molecule has 0 saturated heterocycles. The number of rotatable bonds is 6. The molecule has 1 saturated carbocycles. The Morgan fingerprint density at radius 1 is 1.00 bits per heavy atom. The number of benzene rings is 2. The number of carbonyl (C=O) groups is 2. The molecule has 0 bridgehead atoms. The lowest BCUT2D eigenvalue weighted by molar-refractivity contribution is -0.917. The molecule has 1 fully saturated rings. The molecular weight excluding hydrogens is 321 g/mol. The molecule has 3 rings (SSSR count). The molecule has 0 aliphatic heterocycles. The molecule has 1 unspecified atom stereocenters. The van der Waals surface area contributed by atoms with Gasteiger partial charge in [-0.1, -0.05) is 30.3 Å². The molecule has 0 spiro atoms. The molecule has 0 heterocycles. The van der Waals surface area contributed by atoms with Gasteiger partial charge in [-0.3, -0.25) is 20.4 Å². The van der Waals surface area contributed by atoms with Crippen LogP contribution in [0.25, 0.3) is 0 Å². The van der Waals surface area contributed by atoms with Crippen molar-refractivity contribution in [1.29, 1.82) is 0 Å². The number of hydrogen-bond acceptors (Lipinski definition) is 2. The summed E-state index contributed by atoms with van der Waals surface area (Å²) in [4.78, 5) is 25.2. The minimum absolute atomic E-state index is 0.242. The average Bonchev–Trinajstić information content (AvgIpc) is 3.47. The summed E-state index contributed by atoms with van der Waals surface area (Å²) in [6.07, 6.45) is 2.17. The van der Waals surface area contributed by atoms with E-state index in [9.17, 15) is 14.0 Å². The molecule has 25 heavy (non-hydrogen) atoms. The molecule has 5 nitrogen and oxygen atoms in total. The van der Waals surface area contributed by atoms with Crippen molar-refractivity contribution in [3.63, 3.8) is 0 Å².